The Balaban J connectivity index is 1.50. The van der Waals surface area contributed by atoms with Gasteiger partial charge in [0.05, 0.1) is 9.79 Å². The largest absolute Gasteiger partial charge is 0.355 e. The summed E-state index contributed by atoms with van der Waals surface area (Å²) in [7, 11) is -3.70. The molecule has 0 spiro atoms. The Hall–Kier alpha value is -3.38. The molecule has 0 aliphatic heterocycles. The number of rotatable bonds is 8. The molecule has 5 nitrogen and oxygen atoms in total. The smallest absolute Gasteiger partial charge is 0.239 e. The van der Waals surface area contributed by atoms with Gasteiger partial charge in [0.25, 0.3) is 0 Å². The Kier molecular flexibility index (Phi) is 6.42. The molecule has 1 N–H and O–H groups in total. The summed E-state index contributed by atoms with van der Waals surface area (Å²) in [6, 6.07) is 24.2. The lowest BCUT2D eigenvalue weighted by atomic mass is 10.1. The van der Waals surface area contributed by atoms with E-state index >= 15 is 0 Å². The van der Waals surface area contributed by atoms with E-state index in [0.29, 0.717) is 11.9 Å². The molecule has 0 saturated heterocycles. The van der Waals surface area contributed by atoms with Gasteiger partial charge < -0.3 is 9.88 Å². The van der Waals surface area contributed by atoms with Crippen LogP contribution in [0.15, 0.2) is 94.9 Å². The van der Waals surface area contributed by atoms with Gasteiger partial charge in [0.15, 0.2) is 0 Å². The minimum Gasteiger partial charge on any atom is -0.355 e. The van der Waals surface area contributed by atoms with Crippen molar-refractivity contribution in [2.24, 2.45) is 0 Å². The fourth-order valence-electron chi connectivity index (χ4n) is 3.78. The molecule has 1 amide bonds. The molecule has 0 saturated carbocycles. The maximum Gasteiger partial charge on any atom is 0.239 e. The molecular weight excluding hydrogens is 420 g/mol. The first-order valence-electron chi connectivity index (χ1n) is 10.7. The molecule has 0 unspecified atom stereocenters. The Labute approximate surface area is 188 Å². The number of nitrogens with one attached hydrogen (secondary N) is 1. The summed E-state index contributed by atoms with van der Waals surface area (Å²) < 4.78 is 28.3. The van der Waals surface area contributed by atoms with Crippen LogP contribution in [0, 0.1) is 6.92 Å². The van der Waals surface area contributed by atoms with Crippen molar-refractivity contribution in [1.82, 2.24) is 9.88 Å². The van der Waals surface area contributed by atoms with E-state index in [-0.39, 0.29) is 22.2 Å². The van der Waals surface area contributed by atoms with Crippen molar-refractivity contribution in [3.63, 3.8) is 0 Å². The van der Waals surface area contributed by atoms with Crippen LogP contribution in [0.25, 0.3) is 10.9 Å². The third kappa shape index (κ3) is 4.75. The van der Waals surface area contributed by atoms with Gasteiger partial charge in [0.2, 0.25) is 15.7 Å². The molecule has 0 aliphatic carbocycles. The number of fused-ring (bicyclic) bond motifs is 1. The predicted octanol–water partition coefficient (Wildman–Crippen LogP) is 4.53. The monoisotopic (exact) mass is 446 g/mol. The number of para-hydroxylation sites is 1. The molecule has 3 aromatic carbocycles. The van der Waals surface area contributed by atoms with E-state index in [2.05, 4.69) is 17.4 Å². The fourth-order valence-corrected chi connectivity index (χ4v) is 5.25. The Morgan fingerprint density at radius 3 is 2.34 bits per heavy atom. The van der Waals surface area contributed by atoms with Gasteiger partial charge in [0, 0.05) is 23.6 Å². The van der Waals surface area contributed by atoms with Gasteiger partial charge in [-0.15, -0.1) is 0 Å². The van der Waals surface area contributed by atoms with Crippen LogP contribution in [0.3, 0.4) is 0 Å². The second-order valence-corrected chi connectivity index (χ2v) is 9.81. The summed E-state index contributed by atoms with van der Waals surface area (Å²) in [6.45, 7) is 2.55. The van der Waals surface area contributed by atoms with Crippen molar-refractivity contribution < 1.29 is 13.2 Å². The van der Waals surface area contributed by atoms with E-state index in [1.165, 1.54) is 5.56 Å². The standard InChI is InChI=1S/C26H26N2O3S/c1-20-13-15-22(16-14-20)32(30,31)25-18-28(24-12-6-5-11-23(24)25)19-26(29)27-17-7-10-21-8-3-2-4-9-21/h2-6,8-9,11-16,18H,7,10,17,19H2,1H3,(H,27,29). The number of aryl methyl sites for hydroxylation is 2. The SMILES string of the molecule is Cc1ccc(S(=O)(=O)c2cn(CC(=O)NCCCc3ccccc3)c3ccccc23)cc1. The summed E-state index contributed by atoms with van der Waals surface area (Å²) in [5, 5.41) is 3.56. The lowest BCUT2D eigenvalue weighted by Crippen LogP contribution is -2.28. The Morgan fingerprint density at radius 1 is 0.906 bits per heavy atom. The average molecular weight is 447 g/mol. The maximum atomic E-state index is 13.3. The summed E-state index contributed by atoms with van der Waals surface area (Å²) in [4.78, 5) is 13.0. The van der Waals surface area contributed by atoms with Crippen LogP contribution in [0.2, 0.25) is 0 Å². The highest BCUT2D eigenvalue weighted by Gasteiger charge is 2.23. The fraction of sp³-hybridized carbons (Fsp3) is 0.192. The number of aromatic nitrogens is 1. The van der Waals surface area contributed by atoms with Gasteiger partial charge in [-0.1, -0.05) is 66.2 Å². The lowest BCUT2D eigenvalue weighted by Gasteiger charge is -2.07. The van der Waals surface area contributed by atoms with E-state index in [9.17, 15) is 13.2 Å². The van der Waals surface area contributed by atoms with Gasteiger partial charge >= 0.3 is 0 Å². The quantitative estimate of drug-likeness (QED) is 0.404. The van der Waals surface area contributed by atoms with Crippen molar-refractivity contribution in [3.05, 3.63) is 96.2 Å². The van der Waals surface area contributed by atoms with Crippen LogP contribution in [0.5, 0.6) is 0 Å². The number of nitrogens with zero attached hydrogens (tertiary/aromatic N) is 1. The third-order valence-corrected chi connectivity index (χ3v) is 7.29. The second-order valence-electron chi connectivity index (χ2n) is 7.89. The number of amides is 1. The van der Waals surface area contributed by atoms with Crippen molar-refractivity contribution >= 4 is 26.6 Å². The average Bonchev–Trinajstić information content (AvgIpc) is 3.17. The van der Waals surface area contributed by atoms with Crippen molar-refractivity contribution in [2.45, 2.75) is 36.1 Å². The first kappa shape index (κ1) is 21.8. The van der Waals surface area contributed by atoms with E-state index in [0.717, 1.165) is 23.9 Å². The first-order chi connectivity index (χ1) is 15.4. The molecule has 1 aromatic heterocycles. The number of sulfone groups is 1. The minimum absolute atomic E-state index is 0.0648. The highest BCUT2D eigenvalue weighted by atomic mass is 32.2. The van der Waals surface area contributed by atoms with Gasteiger partial charge in [0.1, 0.15) is 6.54 Å². The number of hydrogen-bond acceptors (Lipinski definition) is 3. The van der Waals surface area contributed by atoms with Crippen molar-refractivity contribution in [1.29, 1.82) is 0 Å². The molecule has 4 rings (SSSR count). The molecule has 0 bridgehead atoms. The van der Waals surface area contributed by atoms with Crippen LogP contribution in [0.4, 0.5) is 0 Å². The van der Waals surface area contributed by atoms with Gasteiger partial charge in [-0.2, -0.15) is 0 Å². The summed E-state index contributed by atoms with van der Waals surface area (Å²) >= 11 is 0. The number of carbonyl (C=O) groups is 1. The van der Waals surface area contributed by atoms with E-state index < -0.39 is 9.84 Å². The lowest BCUT2D eigenvalue weighted by molar-refractivity contribution is -0.121. The van der Waals surface area contributed by atoms with Gasteiger partial charge in [-0.05, 0) is 43.5 Å². The summed E-state index contributed by atoms with van der Waals surface area (Å²) in [5.41, 5.74) is 2.96. The zero-order chi connectivity index (χ0) is 22.6. The van der Waals surface area contributed by atoms with Crippen molar-refractivity contribution in [3.8, 4) is 0 Å². The molecule has 164 valence electrons. The molecule has 0 aliphatic rings. The number of benzene rings is 3. The van der Waals surface area contributed by atoms with Crippen molar-refractivity contribution in [2.75, 3.05) is 6.54 Å². The normalized spacial score (nSPS) is 11.5. The number of hydrogen-bond donors (Lipinski definition) is 1. The van der Waals surface area contributed by atoms with Crippen LogP contribution < -0.4 is 5.32 Å². The summed E-state index contributed by atoms with van der Waals surface area (Å²) in [5.74, 6) is -0.141. The third-order valence-electron chi connectivity index (χ3n) is 5.49. The van der Waals surface area contributed by atoms with Gasteiger partial charge in [-0.3, -0.25) is 4.79 Å². The molecule has 0 fully saturated rings. The molecular formula is C26H26N2O3S. The van der Waals surface area contributed by atoms with Crippen LogP contribution in [0.1, 0.15) is 17.5 Å². The molecule has 1 heterocycles. The highest BCUT2D eigenvalue weighted by Crippen LogP contribution is 2.30. The van der Waals surface area contributed by atoms with E-state index in [4.69, 9.17) is 0 Å². The Bertz CT molecular complexity index is 1320. The van der Waals surface area contributed by atoms with Crippen LogP contribution >= 0.6 is 0 Å². The van der Waals surface area contributed by atoms with E-state index in [1.807, 2.05) is 43.3 Å². The molecule has 0 atom stereocenters. The highest BCUT2D eigenvalue weighted by molar-refractivity contribution is 7.91. The first-order valence-corrected chi connectivity index (χ1v) is 12.1. The molecule has 0 radical (unpaired) electrons. The Morgan fingerprint density at radius 2 is 1.59 bits per heavy atom. The van der Waals surface area contributed by atoms with Gasteiger partial charge in [-0.25, -0.2) is 8.42 Å². The zero-order valence-corrected chi connectivity index (χ0v) is 18.8. The van der Waals surface area contributed by atoms with Crippen LogP contribution in [-0.2, 0) is 27.6 Å². The minimum atomic E-state index is -3.70. The molecule has 6 heteroatoms. The topological polar surface area (TPSA) is 68.2 Å². The van der Waals surface area contributed by atoms with E-state index in [1.54, 1.807) is 41.1 Å². The predicted molar refractivity (Wildman–Crippen MR) is 126 cm³/mol. The maximum absolute atomic E-state index is 13.3. The molecule has 32 heavy (non-hydrogen) atoms. The van der Waals surface area contributed by atoms with Crippen LogP contribution in [-0.4, -0.2) is 25.4 Å². The summed E-state index contributed by atoms with van der Waals surface area (Å²) in [6.07, 6.45) is 3.31. The zero-order valence-electron chi connectivity index (χ0n) is 18.0. The second kappa shape index (κ2) is 9.40. The number of carbonyl (C=O) groups excluding carboxylic acids is 1. The molecule has 4 aromatic rings.